The average molecular weight is 327 g/mol. The molecule has 1 amide bonds. The molecule has 1 saturated carbocycles. The van der Waals surface area contributed by atoms with Gasteiger partial charge in [-0.25, -0.2) is 4.39 Å². The van der Waals surface area contributed by atoms with Crippen molar-refractivity contribution in [1.29, 1.82) is 0 Å². The lowest BCUT2D eigenvalue weighted by Gasteiger charge is -2.22. The minimum atomic E-state index is -0.456. The molecule has 0 bridgehead atoms. The molecule has 2 aromatic carbocycles. The molecule has 3 rings (SSSR count). The van der Waals surface area contributed by atoms with Crippen molar-refractivity contribution in [2.75, 3.05) is 11.9 Å². The van der Waals surface area contributed by atoms with Crippen LogP contribution in [0.15, 0.2) is 48.5 Å². The van der Waals surface area contributed by atoms with Gasteiger partial charge in [-0.2, -0.15) is 0 Å². The van der Waals surface area contributed by atoms with Crippen LogP contribution in [-0.4, -0.2) is 12.5 Å². The number of para-hydroxylation sites is 1. The van der Waals surface area contributed by atoms with Crippen LogP contribution in [0.5, 0.6) is 5.75 Å². The molecule has 0 aromatic heterocycles. The Labute approximate surface area is 141 Å². The molecule has 1 aliphatic carbocycles. The predicted molar refractivity (Wildman–Crippen MR) is 92.8 cm³/mol. The Morgan fingerprint density at radius 2 is 1.75 bits per heavy atom. The van der Waals surface area contributed by atoms with Gasteiger partial charge < -0.3 is 10.1 Å². The quantitative estimate of drug-likeness (QED) is 0.849. The molecule has 1 fully saturated rings. The van der Waals surface area contributed by atoms with Gasteiger partial charge >= 0.3 is 0 Å². The predicted octanol–water partition coefficient (Wildman–Crippen LogP) is 4.89. The van der Waals surface area contributed by atoms with Gasteiger partial charge in [-0.05, 0) is 48.6 Å². The van der Waals surface area contributed by atoms with Crippen molar-refractivity contribution in [2.24, 2.45) is 0 Å². The van der Waals surface area contributed by atoms with Crippen LogP contribution < -0.4 is 10.1 Å². The number of anilines is 1. The highest BCUT2D eigenvalue weighted by molar-refractivity contribution is 5.91. The lowest BCUT2D eigenvalue weighted by atomic mass is 9.84. The Morgan fingerprint density at radius 1 is 1.04 bits per heavy atom. The summed E-state index contributed by atoms with van der Waals surface area (Å²) in [6, 6.07) is 14.0. The smallest absolute Gasteiger partial charge is 0.262 e. The fourth-order valence-corrected chi connectivity index (χ4v) is 3.17. The van der Waals surface area contributed by atoms with Gasteiger partial charge in [0, 0.05) is 0 Å². The summed E-state index contributed by atoms with van der Waals surface area (Å²) in [5, 5.41) is 2.50. The molecule has 0 unspecified atom stereocenters. The second-order valence-corrected chi connectivity index (χ2v) is 6.22. The van der Waals surface area contributed by atoms with E-state index in [-0.39, 0.29) is 18.2 Å². The number of nitrogens with one attached hydrogen (secondary N) is 1. The van der Waals surface area contributed by atoms with Crippen LogP contribution in [0, 0.1) is 5.82 Å². The Balaban J connectivity index is 1.51. The Bertz CT molecular complexity index is 678. The molecule has 24 heavy (non-hydrogen) atoms. The molecule has 4 heteroatoms. The molecule has 3 nitrogen and oxygen atoms in total. The van der Waals surface area contributed by atoms with Crippen LogP contribution in [0.4, 0.5) is 10.1 Å². The van der Waals surface area contributed by atoms with E-state index in [1.807, 2.05) is 12.1 Å². The molecule has 126 valence electrons. The van der Waals surface area contributed by atoms with Crippen molar-refractivity contribution < 1.29 is 13.9 Å². The molecule has 2 aromatic rings. The fourth-order valence-electron chi connectivity index (χ4n) is 3.17. The highest BCUT2D eigenvalue weighted by Crippen LogP contribution is 2.33. The number of ether oxygens (including phenoxy) is 1. The lowest BCUT2D eigenvalue weighted by Crippen LogP contribution is -2.20. The van der Waals surface area contributed by atoms with Crippen LogP contribution in [0.3, 0.4) is 0 Å². The van der Waals surface area contributed by atoms with Gasteiger partial charge in [0.2, 0.25) is 0 Å². The Kier molecular flexibility index (Phi) is 5.47. The van der Waals surface area contributed by atoms with E-state index in [1.54, 1.807) is 12.1 Å². The van der Waals surface area contributed by atoms with E-state index >= 15 is 0 Å². The summed E-state index contributed by atoms with van der Waals surface area (Å²) in [5.74, 6) is 0.467. The van der Waals surface area contributed by atoms with Crippen LogP contribution in [0.2, 0.25) is 0 Å². The van der Waals surface area contributed by atoms with E-state index in [0.717, 1.165) is 0 Å². The van der Waals surface area contributed by atoms with Gasteiger partial charge in [-0.1, -0.05) is 43.5 Å². The van der Waals surface area contributed by atoms with Gasteiger partial charge in [-0.3, -0.25) is 4.79 Å². The van der Waals surface area contributed by atoms with Gasteiger partial charge in [0.1, 0.15) is 11.6 Å². The minimum absolute atomic E-state index is 0.142. The SMILES string of the molecule is O=C(COc1ccc(C2CCCCC2)cc1)Nc1ccccc1F. The molecule has 1 N–H and O–H groups in total. The topological polar surface area (TPSA) is 38.3 Å². The summed E-state index contributed by atoms with van der Waals surface area (Å²) >= 11 is 0. The van der Waals surface area contributed by atoms with E-state index in [0.29, 0.717) is 11.7 Å². The third-order valence-electron chi connectivity index (χ3n) is 4.47. The average Bonchev–Trinajstić information content (AvgIpc) is 2.63. The van der Waals surface area contributed by atoms with Crippen molar-refractivity contribution >= 4 is 11.6 Å². The number of carbonyl (C=O) groups is 1. The van der Waals surface area contributed by atoms with E-state index in [2.05, 4.69) is 17.4 Å². The molecule has 0 heterocycles. The largest absolute Gasteiger partial charge is 0.484 e. The van der Waals surface area contributed by atoms with Crippen LogP contribution in [0.1, 0.15) is 43.6 Å². The summed E-state index contributed by atoms with van der Waals surface area (Å²) in [6.45, 7) is -0.142. The Hall–Kier alpha value is -2.36. The minimum Gasteiger partial charge on any atom is -0.484 e. The van der Waals surface area contributed by atoms with Crippen LogP contribution >= 0.6 is 0 Å². The van der Waals surface area contributed by atoms with E-state index in [4.69, 9.17) is 4.74 Å². The Morgan fingerprint density at radius 3 is 2.46 bits per heavy atom. The first-order valence-corrected chi connectivity index (χ1v) is 8.49. The molecule has 0 atom stereocenters. The van der Waals surface area contributed by atoms with Crippen molar-refractivity contribution in [3.05, 3.63) is 59.9 Å². The number of hydrogen-bond acceptors (Lipinski definition) is 2. The standard InChI is InChI=1S/C20H22FNO2/c21-18-8-4-5-9-19(18)22-20(23)14-24-17-12-10-16(11-13-17)15-6-2-1-3-7-15/h4-5,8-13,15H,1-3,6-7,14H2,(H,22,23). The van der Waals surface area contributed by atoms with Crippen molar-refractivity contribution in [3.63, 3.8) is 0 Å². The number of halogens is 1. The second-order valence-electron chi connectivity index (χ2n) is 6.22. The zero-order valence-electron chi connectivity index (χ0n) is 13.6. The number of benzene rings is 2. The number of rotatable bonds is 5. The maximum atomic E-state index is 13.5. The molecule has 0 spiro atoms. The molecule has 0 radical (unpaired) electrons. The highest BCUT2D eigenvalue weighted by Gasteiger charge is 2.15. The molecule has 0 aliphatic heterocycles. The first-order chi connectivity index (χ1) is 11.7. The van der Waals surface area contributed by atoms with Crippen LogP contribution in [-0.2, 0) is 4.79 Å². The third kappa shape index (κ3) is 4.34. The number of hydrogen-bond donors (Lipinski definition) is 1. The first kappa shape index (κ1) is 16.5. The second kappa shape index (κ2) is 7.95. The van der Waals surface area contributed by atoms with E-state index < -0.39 is 5.82 Å². The highest BCUT2D eigenvalue weighted by atomic mass is 19.1. The zero-order chi connectivity index (χ0) is 16.8. The van der Waals surface area contributed by atoms with E-state index in [1.165, 1.54) is 49.8 Å². The van der Waals surface area contributed by atoms with Crippen molar-refractivity contribution in [2.45, 2.75) is 38.0 Å². The summed E-state index contributed by atoms with van der Waals surface area (Å²) < 4.78 is 19.0. The van der Waals surface area contributed by atoms with Gasteiger partial charge in [0.15, 0.2) is 6.61 Å². The fraction of sp³-hybridized carbons (Fsp3) is 0.350. The van der Waals surface area contributed by atoms with Gasteiger partial charge in [0.25, 0.3) is 5.91 Å². The lowest BCUT2D eigenvalue weighted by molar-refractivity contribution is -0.118. The summed E-state index contributed by atoms with van der Waals surface area (Å²) in [7, 11) is 0. The van der Waals surface area contributed by atoms with E-state index in [9.17, 15) is 9.18 Å². The van der Waals surface area contributed by atoms with Crippen LogP contribution in [0.25, 0.3) is 0 Å². The third-order valence-corrected chi connectivity index (χ3v) is 4.47. The molecule has 0 saturated heterocycles. The summed E-state index contributed by atoms with van der Waals surface area (Å²) in [4.78, 5) is 11.8. The summed E-state index contributed by atoms with van der Waals surface area (Å²) in [5.41, 5.74) is 1.51. The molecular weight excluding hydrogens is 305 g/mol. The maximum absolute atomic E-state index is 13.5. The normalized spacial score (nSPS) is 15.0. The van der Waals surface area contributed by atoms with Gasteiger partial charge in [0.05, 0.1) is 5.69 Å². The first-order valence-electron chi connectivity index (χ1n) is 8.49. The van der Waals surface area contributed by atoms with Gasteiger partial charge in [-0.15, -0.1) is 0 Å². The number of amides is 1. The molecular formula is C20H22FNO2. The van der Waals surface area contributed by atoms with Crippen molar-refractivity contribution in [1.82, 2.24) is 0 Å². The zero-order valence-corrected chi connectivity index (χ0v) is 13.6. The van der Waals surface area contributed by atoms with Crippen molar-refractivity contribution in [3.8, 4) is 5.75 Å². The molecule has 1 aliphatic rings. The maximum Gasteiger partial charge on any atom is 0.262 e. The monoisotopic (exact) mass is 327 g/mol. The number of carbonyl (C=O) groups excluding carboxylic acids is 1. The summed E-state index contributed by atoms with van der Waals surface area (Å²) in [6.07, 6.45) is 6.46.